The van der Waals surface area contributed by atoms with Crippen LogP contribution in [0.3, 0.4) is 0 Å². The van der Waals surface area contributed by atoms with E-state index in [-0.39, 0.29) is 5.97 Å². The molecule has 0 aliphatic rings. The van der Waals surface area contributed by atoms with Crippen LogP contribution in [0.4, 0.5) is 0 Å². The molecule has 0 aromatic carbocycles. The minimum Gasteiger partial charge on any atom is -0.466 e. The Hall–Kier alpha value is -0.530. The van der Waals surface area contributed by atoms with Crippen molar-refractivity contribution in [3.63, 3.8) is 0 Å². The average molecular weight is 467 g/mol. The molecule has 0 saturated heterocycles. The molecule has 0 rings (SSSR count). The van der Waals surface area contributed by atoms with Gasteiger partial charge in [-0.3, -0.25) is 4.79 Å². The largest absolute Gasteiger partial charge is 0.466 e. The molecule has 0 aliphatic carbocycles. The van der Waals surface area contributed by atoms with Crippen LogP contribution in [-0.4, -0.2) is 12.6 Å². The van der Waals surface area contributed by atoms with E-state index in [1.165, 1.54) is 154 Å². The number of rotatable bonds is 28. The molecule has 0 bridgehead atoms. The highest BCUT2D eigenvalue weighted by Gasteiger charge is 2.02. The van der Waals surface area contributed by atoms with Crippen LogP contribution in [0.5, 0.6) is 0 Å². The van der Waals surface area contributed by atoms with Crippen LogP contribution < -0.4 is 0 Å². The summed E-state index contributed by atoms with van der Waals surface area (Å²) in [5, 5.41) is 0. The summed E-state index contributed by atoms with van der Waals surface area (Å²) >= 11 is 0. The molecule has 198 valence electrons. The van der Waals surface area contributed by atoms with E-state index in [9.17, 15) is 4.79 Å². The fourth-order valence-electron chi connectivity index (χ4n) is 4.67. The number of hydrogen-bond acceptors (Lipinski definition) is 2. The summed E-state index contributed by atoms with van der Waals surface area (Å²) in [5.41, 5.74) is 0. The van der Waals surface area contributed by atoms with E-state index in [1.54, 1.807) is 0 Å². The molecule has 0 spiro atoms. The molecule has 0 unspecified atom stereocenters. The van der Waals surface area contributed by atoms with Crippen molar-refractivity contribution in [2.75, 3.05) is 6.61 Å². The van der Waals surface area contributed by atoms with Gasteiger partial charge in [-0.2, -0.15) is 0 Å². The fourth-order valence-corrected chi connectivity index (χ4v) is 4.67. The second-order valence-electron chi connectivity index (χ2n) is 10.5. The lowest BCUT2D eigenvalue weighted by molar-refractivity contribution is -0.143. The van der Waals surface area contributed by atoms with Gasteiger partial charge in [0.15, 0.2) is 0 Å². The summed E-state index contributed by atoms with van der Waals surface area (Å²) in [6.45, 7) is 5.16. The van der Waals surface area contributed by atoms with Gasteiger partial charge in [0.05, 0.1) is 6.61 Å². The molecular formula is C31H62O2. The monoisotopic (exact) mass is 466 g/mol. The highest BCUT2D eigenvalue weighted by atomic mass is 16.5. The molecule has 2 nitrogen and oxygen atoms in total. The standard InChI is InChI=1S/C31H62O2/c1-3-5-7-9-11-12-13-14-15-16-17-18-19-20-21-22-23-24-26-28-30-33-31(32)29-27-25-10-8-6-4-2/h3-30H2,1-2H3. The van der Waals surface area contributed by atoms with Crippen LogP contribution in [0.2, 0.25) is 0 Å². The zero-order chi connectivity index (χ0) is 24.1. The maximum absolute atomic E-state index is 11.7. The molecule has 0 saturated carbocycles. The Bertz CT molecular complexity index is 366. The molecule has 0 fully saturated rings. The van der Waals surface area contributed by atoms with Gasteiger partial charge in [-0.15, -0.1) is 0 Å². The van der Waals surface area contributed by atoms with Crippen molar-refractivity contribution in [1.29, 1.82) is 0 Å². The summed E-state index contributed by atoms with van der Waals surface area (Å²) in [5.74, 6) is 0.0169. The number of carbonyl (C=O) groups is 1. The maximum atomic E-state index is 11.7. The van der Waals surface area contributed by atoms with Crippen LogP contribution in [0, 0.1) is 0 Å². The van der Waals surface area contributed by atoms with E-state index in [4.69, 9.17) is 4.74 Å². The number of carbonyl (C=O) groups excluding carboxylic acids is 1. The Morgan fingerprint density at radius 2 is 0.667 bits per heavy atom. The smallest absolute Gasteiger partial charge is 0.305 e. The Morgan fingerprint density at radius 1 is 0.394 bits per heavy atom. The SMILES string of the molecule is CCCCCCCCCCCCCCCCCCCCCCOC(=O)CCCCCCCC. The minimum atomic E-state index is 0.0169. The summed E-state index contributed by atoms with van der Waals surface area (Å²) in [7, 11) is 0. The highest BCUT2D eigenvalue weighted by molar-refractivity contribution is 5.69. The van der Waals surface area contributed by atoms with Gasteiger partial charge in [0.1, 0.15) is 0 Å². The molecule has 0 radical (unpaired) electrons. The van der Waals surface area contributed by atoms with Crippen LogP contribution in [0.1, 0.15) is 187 Å². The van der Waals surface area contributed by atoms with Gasteiger partial charge < -0.3 is 4.74 Å². The normalized spacial score (nSPS) is 11.2. The predicted molar refractivity (Wildman–Crippen MR) is 147 cm³/mol. The summed E-state index contributed by atoms with van der Waals surface area (Å²) in [6.07, 6.45) is 35.9. The van der Waals surface area contributed by atoms with Gasteiger partial charge in [-0.25, -0.2) is 0 Å². The lowest BCUT2D eigenvalue weighted by Crippen LogP contribution is -2.05. The molecular weight excluding hydrogens is 404 g/mol. The topological polar surface area (TPSA) is 26.3 Å². The Morgan fingerprint density at radius 3 is 1.00 bits per heavy atom. The van der Waals surface area contributed by atoms with Crippen LogP contribution in [-0.2, 0) is 9.53 Å². The highest BCUT2D eigenvalue weighted by Crippen LogP contribution is 2.15. The van der Waals surface area contributed by atoms with Crippen molar-refractivity contribution in [3.05, 3.63) is 0 Å². The van der Waals surface area contributed by atoms with E-state index in [1.807, 2.05) is 0 Å². The summed E-state index contributed by atoms with van der Waals surface area (Å²) in [6, 6.07) is 0. The van der Waals surface area contributed by atoms with Crippen molar-refractivity contribution in [2.45, 2.75) is 187 Å². The van der Waals surface area contributed by atoms with Gasteiger partial charge in [0.25, 0.3) is 0 Å². The van der Waals surface area contributed by atoms with Crippen molar-refractivity contribution >= 4 is 5.97 Å². The van der Waals surface area contributed by atoms with Crippen molar-refractivity contribution < 1.29 is 9.53 Å². The fraction of sp³-hybridized carbons (Fsp3) is 0.968. The molecule has 0 N–H and O–H groups in total. The van der Waals surface area contributed by atoms with Gasteiger partial charge in [-0.1, -0.05) is 168 Å². The Kier molecular flexibility index (Phi) is 29.0. The van der Waals surface area contributed by atoms with Crippen LogP contribution >= 0.6 is 0 Å². The molecule has 33 heavy (non-hydrogen) atoms. The minimum absolute atomic E-state index is 0.0169. The van der Waals surface area contributed by atoms with Crippen LogP contribution in [0.15, 0.2) is 0 Å². The molecule has 0 aromatic rings. The molecule has 0 amide bonds. The quantitative estimate of drug-likeness (QED) is 0.0846. The van der Waals surface area contributed by atoms with Gasteiger partial charge >= 0.3 is 5.97 Å². The third kappa shape index (κ3) is 29.4. The third-order valence-electron chi connectivity index (χ3n) is 7.00. The molecule has 0 aliphatic heterocycles. The second kappa shape index (κ2) is 29.5. The Balaban J connectivity index is 3.09. The first-order chi connectivity index (χ1) is 16.3. The van der Waals surface area contributed by atoms with E-state index in [0.29, 0.717) is 13.0 Å². The Labute approximate surface area is 209 Å². The van der Waals surface area contributed by atoms with Gasteiger partial charge in [0.2, 0.25) is 0 Å². The lowest BCUT2D eigenvalue weighted by atomic mass is 10.0. The summed E-state index contributed by atoms with van der Waals surface area (Å²) in [4.78, 5) is 11.7. The molecule has 0 aromatic heterocycles. The van der Waals surface area contributed by atoms with E-state index < -0.39 is 0 Å². The number of hydrogen-bond donors (Lipinski definition) is 0. The molecule has 0 atom stereocenters. The zero-order valence-corrected chi connectivity index (χ0v) is 23.1. The molecule has 0 heterocycles. The van der Waals surface area contributed by atoms with E-state index in [2.05, 4.69) is 13.8 Å². The third-order valence-corrected chi connectivity index (χ3v) is 7.00. The summed E-state index contributed by atoms with van der Waals surface area (Å²) < 4.78 is 5.37. The van der Waals surface area contributed by atoms with E-state index >= 15 is 0 Å². The lowest BCUT2D eigenvalue weighted by Gasteiger charge is -2.05. The predicted octanol–water partition coefficient (Wildman–Crippen LogP) is 11.1. The molecule has 2 heteroatoms. The van der Waals surface area contributed by atoms with Crippen molar-refractivity contribution in [3.8, 4) is 0 Å². The van der Waals surface area contributed by atoms with Crippen molar-refractivity contribution in [2.24, 2.45) is 0 Å². The zero-order valence-electron chi connectivity index (χ0n) is 23.1. The van der Waals surface area contributed by atoms with Gasteiger partial charge in [0, 0.05) is 6.42 Å². The number of unbranched alkanes of at least 4 members (excludes halogenated alkanes) is 24. The number of ether oxygens (including phenoxy) is 1. The number of esters is 1. The first-order valence-corrected chi connectivity index (χ1v) is 15.5. The van der Waals surface area contributed by atoms with E-state index in [0.717, 1.165) is 12.8 Å². The maximum Gasteiger partial charge on any atom is 0.305 e. The first-order valence-electron chi connectivity index (χ1n) is 15.5. The first kappa shape index (κ1) is 32.5. The van der Waals surface area contributed by atoms with Crippen LogP contribution in [0.25, 0.3) is 0 Å². The van der Waals surface area contributed by atoms with Gasteiger partial charge in [-0.05, 0) is 12.8 Å². The van der Waals surface area contributed by atoms with Crippen molar-refractivity contribution in [1.82, 2.24) is 0 Å². The second-order valence-corrected chi connectivity index (χ2v) is 10.5. The average Bonchev–Trinajstić information content (AvgIpc) is 2.82.